The van der Waals surface area contributed by atoms with Gasteiger partial charge in [0.25, 0.3) is 0 Å². The van der Waals surface area contributed by atoms with E-state index in [0.717, 1.165) is 44.5 Å². The zero-order chi connectivity index (χ0) is 26.5. The largest absolute Gasteiger partial charge is 0.488 e. The van der Waals surface area contributed by atoms with Gasteiger partial charge >= 0.3 is 5.97 Å². The molecule has 4 aromatic rings. The number of aliphatic carboxylic acids is 1. The van der Waals surface area contributed by atoms with Gasteiger partial charge in [0, 0.05) is 22.8 Å². The molecule has 38 heavy (non-hydrogen) atoms. The van der Waals surface area contributed by atoms with Gasteiger partial charge < -0.3 is 19.3 Å². The summed E-state index contributed by atoms with van der Waals surface area (Å²) in [6.07, 6.45) is -0.516. The number of para-hydroxylation sites is 2. The number of carboxylic acids is 1. The molecule has 6 nitrogen and oxygen atoms in total. The molecule has 1 aliphatic heterocycles. The van der Waals surface area contributed by atoms with E-state index >= 15 is 0 Å². The maximum atomic E-state index is 11.3. The van der Waals surface area contributed by atoms with Gasteiger partial charge in [0.2, 0.25) is 0 Å². The lowest BCUT2D eigenvalue weighted by atomic mass is 10.1. The highest BCUT2D eigenvalue weighted by atomic mass is 32.1. The Hall–Kier alpha value is -3.94. The van der Waals surface area contributed by atoms with Crippen LogP contribution in [0.4, 0.5) is 5.69 Å². The average Bonchev–Trinajstić information content (AvgIpc) is 3.32. The fourth-order valence-electron chi connectivity index (χ4n) is 4.28. The second-order valence-electron chi connectivity index (χ2n) is 9.03. The number of hydrogen-bond donors (Lipinski definition) is 1. The van der Waals surface area contributed by atoms with Crippen LogP contribution in [0.15, 0.2) is 83.9 Å². The number of benzene rings is 3. The van der Waals surface area contributed by atoms with E-state index in [2.05, 4.69) is 37.3 Å². The topological polar surface area (TPSA) is 77.3 Å². The van der Waals surface area contributed by atoms with Crippen LogP contribution in [0.1, 0.15) is 28.5 Å². The summed E-state index contributed by atoms with van der Waals surface area (Å²) in [6.45, 7) is 5.19. The van der Waals surface area contributed by atoms with Crippen molar-refractivity contribution in [3.05, 3.63) is 100 Å². The predicted molar refractivity (Wildman–Crippen MR) is 150 cm³/mol. The van der Waals surface area contributed by atoms with Gasteiger partial charge in [-0.1, -0.05) is 48.5 Å². The van der Waals surface area contributed by atoms with Crippen LogP contribution in [0.25, 0.3) is 10.4 Å². The number of carboxylic acid groups (broad SMARTS) is 1. The van der Waals surface area contributed by atoms with Gasteiger partial charge in [-0.05, 0) is 66.4 Å². The highest BCUT2D eigenvalue weighted by molar-refractivity contribution is 7.15. The monoisotopic (exact) mass is 527 g/mol. The van der Waals surface area contributed by atoms with Crippen LogP contribution in [0.2, 0.25) is 0 Å². The van der Waals surface area contributed by atoms with Crippen molar-refractivity contribution in [3.63, 3.8) is 0 Å². The normalized spacial score (nSPS) is 13.3. The molecule has 0 spiro atoms. The maximum Gasteiger partial charge on any atom is 0.333 e. The van der Waals surface area contributed by atoms with E-state index in [-0.39, 0.29) is 0 Å². The number of ether oxygens (including phenoxy) is 3. The first kappa shape index (κ1) is 25.7. The van der Waals surface area contributed by atoms with Gasteiger partial charge in [-0.3, -0.25) is 0 Å². The van der Waals surface area contributed by atoms with Crippen molar-refractivity contribution < 1.29 is 24.1 Å². The summed E-state index contributed by atoms with van der Waals surface area (Å²) in [5.41, 5.74) is 6.08. The Bertz CT molecular complexity index is 1440. The van der Waals surface area contributed by atoms with Gasteiger partial charge in [-0.2, -0.15) is 0 Å². The highest BCUT2D eigenvalue weighted by Crippen LogP contribution is 2.34. The predicted octanol–water partition coefficient (Wildman–Crippen LogP) is 6.85. The number of hydrogen-bond acceptors (Lipinski definition) is 6. The molecule has 0 saturated heterocycles. The van der Waals surface area contributed by atoms with E-state index in [4.69, 9.17) is 19.2 Å². The van der Waals surface area contributed by atoms with E-state index in [1.165, 1.54) is 10.4 Å². The molecule has 1 aliphatic rings. The molecule has 7 heteroatoms. The smallest absolute Gasteiger partial charge is 0.333 e. The van der Waals surface area contributed by atoms with Crippen LogP contribution in [0.3, 0.4) is 0 Å². The van der Waals surface area contributed by atoms with Crippen LogP contribution >= 0.6 is 11.3 Å². The summed E-state index contributed by atoms with van der Waals surface area (Å²) < 4.78 is 17.2. The lowest BCUT2D eigenvalue weighted by Crippen LogP contribution is -2.26. The van der Waals surface area contributed by atoms with E-state index in [0.29, 0.717) is 26.2 Å². The molecular formula is C31H29NO5S. The summed E-state index contributed by atoms with van der Waals surface area (Å²) in [6, 6.07) is 26.0. The van der Waals surface area contributed by atoms with Crippen LogP contribution in [-0.2, 0) is 22.6 Å². The summed E-state index contributed by atoms with van der Waals surface area (Å²) in [5.74, 6) is 0.613. The van der Waals surface area contributed by atoms with Gasteiger partial charge in [-0.25, -0.2) is 9.79 Å². The lowest BCUT2D eigenvalue weighted by molar-refractivity contribution is -0.149. The van der Waals surface area contributed by atoms with Crippen molar-refractivity contribution in [2.75, 3.05) is 13.2 Å². The van der Waals surface area contributed by atoms with Crippen molar-refractivity contribution in [2.24, 2.45) is 4.99 Å². The van der Waals surface area contributed by atoms with Gasteiger partial charge in [0.15, 0.2) is 6.10 Å². The van der Waals surface area contributed by atoms with Crippen LogP contribution in [-0.4, -0.2) is 36.1 Å². The molecule has 0 amide bonds. The Balaban J connectivity index is 1.22. The quantitative estimate of drug-likeness (QED) is 0.244. The third kappa shape index (κ3) is 5.96. The van der Waals surface area contributed by atoms with Crippen LogP contribution in [0.5, 0.6) is 11.5 Å². The molecule has 2 heterocycles. The van der Waals surface area contributed by atoms with Crippen molar-refractivity contribution in [1.29, 1.82) is 0 Å². The third-order valence-corrected chi connectivity index (χ3v) is 7.63. The first-order valence-electron chi connectivity index (χ1n) is 12.6. The maximum absolute atomic E-state index is 11.3. The number of thiophene rings is 1. The summed E-state index contributed by atoms with van der Waals surface area (Å²) in [4.78, 5) is 18.4. The second-order valence-corrected chi connectivity index (χ2v) is 10.2. The number of rotatable bonds is 10. The molecule has 0 saturated carbocycles. The number of fused-ring (bicyclic) bond motifs is 1. The van der Waals surface area contributed by atoms with E-state index in [9.17, 15) is 9.90 Å². The fourth-order valence-corrected chi connectivity index (χ4v) is 5.37. The zero-order valence-electron chi connectivity index (χ0n) is 21.3. The molecule has 0 aliphatic carbocycles. The molecule has 194 valence electrons. The molecule has 5 rings (SSSR count). The Morgan fingerprint density at radius 2 is 1.79 bits per heavy atom. The van der Waals surface area contributed by atoms with Crippen molar-refractivity contribution in [2.45, 2.75) is 33.0 Å². The molecule has 1 aromatic heterocycles. The van der Waals surface area contributed by atoms with Crippen LogP contribution < -0.4 is 9.47 Å². The minimum Gasteiger partial charge on any atom is -0.488 e. The highest BCUT2D eigenvalue weighted by Gasteiger charge is 2.18. The molecule has 1 atom stereocenters. The van der Waals surface area contributed by atoms with Gasteiger partial charge in [0.1, 0.15) is 30.4 Å². The van der Waals surface area contributed by atoms with E-state index in [1.54, 1.807) is 18.3 Å². The molecule has 0 bridgehead atoms. The molecule has 0 radical (unpaired) electrons. The fraction of sp³-hybridized carbons (Fsp3) is 0.226. The molecule has 0 unspecified atom stereocenters. The zero-order valence-corrected chi connectivity index (χ0v) is 22.2. The first-order chi connectivity index (χ1) is 18.5. The Kier molecular flexibility index (Phi) is 7.86. The van der Waals surface area contributed by atoms with Crippen molar-refractivity contribution >= 4 is 28.7 Å². The minimum atomic E-state index is -0.951. The lowest BCUT2D eigenvalue weighted by Gasteiger charge is -2.17. The summed E-state index contributed by atoms with van der Waals surface area (Å²) in [7, 11) is 0. The molecular weight excluding hydrogens is 498 g/mol. The number of nitrogens with zero attached hydrogens (tertiary/aromatic N) is 1. The average molecular weight is 528 g/mol. The SMILES string of the molecule is CCO[C@@H](Cc1ccc(OCc2sc(-c3ccc(C4=Nc5ccccc5OC4)cc3)cc2C)cc1)C(=O)O. The van der Waals surface area contributed by atoms with E-state index in [1.807, 2.05) is 48.5 Å². The Morgan fingerprint density at radius 3 is 2.53 bits per heavy atom. The van der Waals surface area contributed by atoms with Gasteiger partial charge in [0.05, 0.1) is 5.71 Å². The number of carbonyl (C=O) groups is 1. The van der Waals surface area contributed by atoms with Crippen molar-refractivity contribution in [3.8, 4) is 21.9 Å². The van der Waals surface area contributed by atoms with E-state index < -0.39 is 12.1 Å². The number of aryl methyl sites for hydroxylation is 1. The molecule has 0 fully saturated rings. The Morgan fingerprint density at radius 1 is 1.05 bits per heavy atom. The Labute approximate surface area is 226 Å². The second kappa shape index (κ2) is 11.6. The van der Waals surface area contributed by atoms with Crippen molar-refractivity contribution in [1.82, 2.24) is 0 Å². The third-order valence-electron chi connectivity index (χ3n) is 6.37. The van der Waals surface area contributed by atoms with Crippen LogP contribution in [0, 0.1) is 6.92 Å². The number of aliphatic imine (C=N–C) groups is 1. The summed E-state index contributed by atoms with van der Waals surface area (Å²) in [5, 5.41) is 9.29. The minimum absolute atomic E-state index is 0.323. The molecule has 3 aromatic carbocycles. The molecule has 1 N–H and O–H groups in total. The summed E-state index contributed by atoms with van der Waals surface area (Å²) >= 11 is 1.72. The van der Waals surface area contributed by atoms with Gasteiger partial charge in [-0.15, -0.1) is 11.3 Å². The first-order valence-corrected chi connectivity index (χ1v) is 13.4. The standard InChI is InChI=1S/C31H29NO5S/c1-3-35-28(31(33)34)17-21-8-14-24(15-9-21)36-19-30-20(2)16-29(38-30)23-12-10-22(11-13-23)26-18-37-27-7-5-4-6-25(27)32-26/h4-16,28H,3,17-19H2,1-2H3,(H,33,34)/t28-/m0/s1.